The number of benzene rings is 1. The summed E-state index contributed by atoms with van der Waals surface area (Å²) in [4.78, 5) is 11.7. The highest BCUT2D eigenvalue weighted by molar-refractivity contribution is 7.99. The Morgan fingerprint density at radius 2 is 2.21 bits per heavy atom. The number of thioether (sulfide) groups is 1. The number of hydrogen-bond acceptors (Lipinski definition) is 4. The van der Waals surface area contributed by atoms with Crippen molar-refractivity contribution < 1.29 is 4.79 Å². The second kappa shape index (κ2) is 6.27. The van der Waals surface area contributed by atoms with Crippen molar-refractivity contribution in [2.75, 3.05) is 11.1 Å². The largest absolute Gasteiger partial charge is 0.325 e. The summed E-state index contributed by atoms with van der Waals surface area (Å²) >= 11 is 13.0. The van der Waals surface area contributed by atoms with Crippen molar-refractivity contribution in [3.8, 4) is 0 Å². The number of amides is 1. The van der Waals surface area contributed by atoms with Crippen LogP contribution >= 0.6 is 35.0 Å². The van der Waals surface area contributed by atoms with E-state index in [9.17, 15) is 4.79 Å². The molecule has 2 rings (SSSR count). The fourth-order valence-corrected chi connectivity index (χ4v) is 2.29. The molecule has 5 nitrogen and oxygen atoms in total. The molecule has 0 unspecified atom stereocenters. The summed E-state index contributed by atoms with van der Waals surface area (Å²) in [7, 11) is 1.82. The molecule has 0 fully saturated rings. The van der Waals surface area contributed by atoms with Crippen molar-refractivity contribution in [2.24, 2.45) is 7.05 Å². The normalized spacial score (nSPS) is 10.5. The van der Waals surface area contributed by atoms with Crippen LogP contribution in [0.1, 0.15) is 0 Å². The van der Waals surface area contributed by atoms with Gasteiger partial charge in [0.2, 0.25) is 5.91 Å². The number of nitrogens with zero attached hydrogens (tertiary/aromatic N) is 3. The number of aryl methyl sites for hydroxylation is 1. The molecular formula is C11H10Cl2N4OS. The summed E-state index contributed by atoms with van der Waals surface area (Å²) in [5.41, 5.74) is 0.609. The maximum Gasteiger partial charge on any atom is 0.234 e. The Hall–Kier alpha value is -1.24. The van der Waals surface area contributed by atoms with Crippen molar-refractivity contribution in [2.45, 2.75) is 5.16 Å². The number of anilines is 1. The van der Waals surface area contributed by atoms with Crippen LogP contribution in [0.4, 0.5) is 5.69 Å². The zero-order valence-corrected chi connectivity index (χ0v) is 12.3. The minimum absolute atomic E-state index is 0.147. The average molecular weight is 317 g/mol. The second-order valence-electron chi connectivity index (χ2n) is 3.69. The molecule has 0 atom stereocenters. The van der Waals surface area contributed by atoms with Gasteiger partial charge in [0.25, 0.3) is 0 Å². The first-order valence-electron chi connectivity index (χ1n) is 5.28. The Kier molecular flexibility index (Phi) is 4.68. The van der Waals surface area contributed by atoms with E-state index in [4.69, 9.17) is 23.2 Å². The lowest BCUT2D eigenvalue weighted by Gasteiger charge is -2.05. The number of aromatic nitrogens is 3. The molecule has 1 amide bonds. The Bertz CT molecular complexity index is 602. The molecule has 0 aliphatic carbocycles. The maximum absolute atomic E-state index is 11.7. The predicted octanol–water partition coefficient (Wildman–Crippen LogP) is 2.85. The number of hydrogen-bond donors (Lipinski definition) is 1. The van der Waals surface area contributed by atoms with E-state index < -0.39 is 0 Å². The van der Waals surface area contributed by atoms with E-state index in [0.717, 1.165) is 0 Å². The summed E-state index contributed by atoms with van der Waals surface area (Å²) in [6, 6.07) is 4.93. The molecule has 0 bridgehead atoms. The van der Waals surface area contributed by atoms with Gasteiger partial charge in [0.1, 0.15) is 6.33 Å². The van der Waals surface area contributed by atoms with Crippen molar-refractivity contribution in [3.05, 3.63) is 34.6 Å². The van der Waals surface area contributed by atoms with Crippen LogP contribution in [0.2, 0.25) is 10.0 Å². The molecule has 0 saturated heterocycles. The lowest BCUT2D eigenvalue weighted by molar-refractivity contribution is -0.113. The van der Waals surface area contributed by atoms with Gasteiger partial charge < -0.3 is 9.88 Å². The lowest BCUT2D eigenvalue weighted by atomic mass is 10.3. The first-order chi connectivity index (χ1) is 9.06. The van der Waals surface area contributed by atoms with E-state index in [0.29, 0.717) is 20.9 Å². The smallest absolute Gasteiger partial charge is 0.234 e. The van der Waals surface area contributed by atoms with Crippen LogP contribution in [0.5, 0.6) is 0 Å². The topological polar surface area (TPSA) is 59.8 Å². The third-order valence-electron chi connectivity index (χ3n) is 2.21. The van der Waals surface area contributed by atoms with Crippen LogP contribution in [0.15, 0.2) is 29.7 Å². The Morgan fingerprint density at radius 3 is 2.84 bits per heavy atom. The molecule has 1 aromatic heterocycles. The minimum atomic E-state index is -0.147. The summed E-state index contributed by atoms with van der Waals surface area (Å²) in [6.07, 6.45) is 1.58. The maximum atomic E-state index is 11.7. The van der Waals surface area contributed by atoms with Gasteiger partial charge in [-0.1, -0.05) is 35.0 Å². The fourth-order valence-electron chi connectivity index (χ4n) is 1.30. The Labute approximate surface area is 124 Å². The van der Waals surface area contributed by atoms with Crippen LogP contribution in [0.3, 0.4) is 0 Å². The van der Waals surface area contributed by atoms with E-state index in [1.165, 1.54) is 11.8 Å². The number of halogens is 2. The lowest BCUT2D eigenvalue weighted by Crippen LogP contribution is -2.14. The van der Waals surface area contributed by atoms with E-state index in [2.05, 4.69) is 15.5 Å². The van der Waals surface area contributed by atoms with Gasteiger partial charge in [-0.25, -0.2) is 0 Å². The average Bonchev–Trinajstić information content (AvgIpc) is 2.77. The van der Waals surface area contributed by atoms with E-state index >= 15 is 0 Å². The number of carbonyl (C=O) groups excluding carboxylic acids is 1. The van der Waals surface area contributed by atoms with Gasteiger partial charge in [-0.05, 0) is 18.2 Å². The van der Waals surface area contributed by atoms with Gasteiger partial charge in [0.15, 0.2) is 5.16 Å². The van der Waals surface area contributed by atoms with E-state index in [1.54, 1.807) is 29.1 Å². The quantitative estimate of drug-likeness (QED) is 0.881. The van der Waals surface area contributed by atoms with E-state index in [1.807, 2.05) is 7.05 Å². The third kappa shape index (κ3) is 3.86. The van der Waals surface area contributed by atoms with Gasteiger partial charge in [0.05, 0.1) is 15.8 Å². The van der Waals surface area contributed by atoms with Gasteiger partial charge in [-0.15, -0.1) is 10.2 Å². The zero-order valence-electron chi connectivity index (χ0n) is 9.93. The molecule has 0 spiro atoms. The SMILES string of the molecule is Cn1cnnc1SCC(=O)Nc1ccc(Cl)c(Cl)c1. The monoisotopic (exact) mass is 316 g/mol. The fraction of sp³-hybridized carbons (Fsp3) is 0.182. The summed E-state index contributed by atoms with van der Waals surface area (Å²) in [5, 5.41) is 11.9. The molecule has 2 aromatic rings. The molecule has 100 valence electrons. The highest BCUT2D eigenvalue weighted by Gasteiger charge is 2.08. The van der Waals surface area contributed by atoms with Gasteiger partial charge in [0, 0.05) is 12.7 Å². The van der Waals surface area contributed by atoms with Crippen LogP contribution in [-0.2, 0) is 11.8 Å². The van der Waals surface area contributed by atoms with Gasteiger partial charge in [-0.2, -0.15) is 0 Å². The first kappa shape index (κ1) is 14.2. The predicted molar refractivity (Wildman–Crippen MR) is 76.8 cm³/mol. The molecule has 1 aromatic carbocycles. The van der Waals surface area contributed by atoms with Gasteiger partial charge in [-0.3, -0.25) is 4.79 Å². The van der Waals surface area contributed by atoms with Crippen molar-refractivity contribution >= 4 is 46.6 Å². The summed E-state index contributed by atoms with van der Waals surface area (Å²) in [5.74, 6) is 0.0960. The molecule has 1 heterocycles. The number of carbonyl (C=O) groups is 1. The molecule has 0 radical (unpaired) electrons. The number of rotatable bonds is 4. The second-order valence-corrected chi connectivity index (χ2v) is 5.45. The molecule has 0 aliphatic heterocycles. The minimum Gasteiger partial charge on any atom is -0.325 e. The van der Waals surface area contributed by atoms with Crippen LogP contribution in [0, 0.1) is 0 Å². The molecule has 1 N–H and O–H groups in total. The molecule has 0 saturated carbocycles. The molecule has 19 heavy (non-hydrogen) atoms. The van der Waals surface area contributed by atoms with Crippen molar-refractivity contribution in [3.63, 3.8) is 0 Å². The third-order valence-corrected chi connectivity index (χ3v) is 3.98. The summed E-state index contributed by atoms with van der Waals surface area (Å²) in [6.45, 7) is 0. The van der Waals surface area contributed by atoms with E-state index in [-0.39, 0.29) is 11.7 Å². The molecule has 8 heteroatoms. The Morgan fingerprint density at radius 1 is 1.42 bits per heavy atom. The molecule has 0 aliphatic rings. The van der Waals surface area contributed by atoms with Crippen molar-refractivity contribution in [1.29, 1.82) is 0 Å². The van der Waals surface area contributed by atoms with Gasteiger partial charge >= 0.3 is 0 Å². The standard InChI is InChI=1S/C11H10Cl2N4OS/c1-17-6-14-16-11(17)19-5-10(18)15-7-2-3-8(12)9(13)4-7/h2-4,6H,5H2,1H3,(H,15,18). The van der Waals surface area contributed by atoms with Crippen molar-refractivity contribution in [1.82, 2.24) is 14.8 Å². The Balaban J connectivity index is 1.91. The number of nitrogens with one attached hydrogen (secondary N) is 1. The summed E-state index contributed by atoms with van der Waals surface area (Å²) < 4.78 is 1.75. The highest BCUT2D eigenvalue weighted by atomic mass is 35.5. The van der Waals surface area contributed by atoms with Crippen LogP contribution < -0.4 is 5.32 Å². The zero-order chi connectivity index (χ0) is 13.8. The first-order valence-corrected chi connectivity index (χ1v) is 7.02. The van der Waals surface area contributed by atoms with Crippen LogP contribution in [-0.4, -0.2) is 26.4 Å². The molecular weight excluding hydrogens is 307 g/mol. The van der Waals surface area contributed by atoms with Crippen LogP contribution in [0.25, 0.3) is 0 Å². The highest BCUT2D eigenvalue weighted by Crippen LogP contribution is 2.25.